The Bertz CT molecular complexity index is 664. The molecule has 0 radical (unpaired) electrons. The van der Waals surface area contributed by atoms with Crippen molar-refractivity contribution in [3.63, 3.8) is 0 Å². The van der Waals surface area contributed by atoms with Crippen molar-refractivity contribution in [3.05, 3.63) is 54.0 Å². The number of carbonyl (C=O) groups is 3. The number of rotatable bonds is 5. The number of nitrogens with two attached hydrogens (primary N) is 1. The Hall–Kier alpha value is -3.09. The molecule has 2 amide bonds. The lowest BCUT2D eigenvalue weighted by atomic mass is 10.1. The maximum Gasteiger partial charge on any atom is 0.374 e. The molecule has 7 heteroatoms. The third-order valence-electron chi connectivity index (χ3n) is 2.52. The number of amides is 2. The number of primary amides is 1. The lowest BCUT2D eigenvalue weighted by Crippen LogP contribution is -2.23. The Morgan fingerprint density at radius 1 is 1.14 bits per heavy atom. The van der Waals surface area contributed by atoms with Crippen LogP contribution in [-0.2, 0) is 9.53 Å². The van der Waals surface area contributed by atoms with Crippen LogP contribution >= 0.6 is 0 Å². The number of hydrogen-bond acceptors (Lipinski definition) is 5. The summed E-state index contributed by atoms with van der Waals surface area (Å²) in [7, 11) is 0. The van der Waals surface area contributed by atoms with E-state index in [0.717, 1.165) is 0 Å². The minimum absolute atomic E-state index is 0.000311. The van der Waals surface area contributed by atoms with Gasteiger partial charge in [0.1, 0.15) is 0 Å². The average molecular weight is 288 g/mol. The molecule has 0 spiro atoms. The van der Waals surface area contributed by atoms with Crippen molar-refractivity contribution in [2.24, 2.45) is 5.73 Å². The van der Waals surface area contributed by atoms with Crippen molar-refractivity contribution in [2.45, 2.75) is 0 Å². The number of carbonyl (C=O) groups excluding carboxylic acids is 3. The van der Waals surface area contributed by atoms with Crippen LogP contribution in [0.4, 0.5) is 5.69 Å². The topological polar surface area (TPSA) is 112 Å². The number of esters is 1. The fourth-order valence-electron chi connectivity index (χ4n) is 1.59. The normalized spacial score (nSPS) is 9.90. The van der Waals surface area contributed by atoms with E-state index in [2.05, 4.69) is 5.32 Å². The van der Waals surface area contributed by atoms with Crippen LogP contribution in [0.2, 0.25) is 0 Å². The number of hydrogen-bond donors (Lipinski definition) is 2. The quantitative estimate of drug-likeness (QED) is 0.802. The second kappa shape index (κ2) is 6.38. The van der Waals surface area contributed by atoms with E-state index in [4.69, 9.17) is 14.9 Å². The van der Waals surface area contributed by atoms with Crippen molar-refractivity contribution < 1.29 is 23.5 Å². The molecule has 0 aliphatic carbocycles. The van der Waals surface area contributed by atoms with Gasteiger partial charge in [-0.1, -0.05) is 12.1 Å². The SMILES string of the molecule is NC(=O)c1ccccc1NC(=O)COC(=O)c1ccco1. The highest BCUT2D eigenvalue weighted by molar-refractivity contribution is 6.03. The second-order valence-electron chi connectivity index (χ2n) is 4.01. The molecule has 1 heterocycles. The van der Waals surface area contributed by atoms with E-state index in [1.165, 1.54) is 30.5 Å². The number of furan rings is 1. The van der Waals surface area contributed by atoms with Gasteiger partial charge in [0.05, 0.1) is 17.5 Å². The Labute approximate surface area is 119 Å². The molecule has 2 rings (SSSR count). The summed E-state index contributed by atoms with van der Waals surface area (Å²) >= 11 is 0. The number of benzene rings is 1. The standard InChI is InChI=1S/C14H12N2O5/c15-13(18)9-4-1-2-5-10(9)16-12(17)8-21-14(19)11-6-3-7-20-11/h1-7H,8H2,(H2,15,18)(H,16,17). The van der Waals surface area contributed by atoms with Gasteiger partial charge in [0.2, 0.25) is 5.76 Å². The zero-order valence-corrected chi connectivity index (χ0v) is 10.9. The third kappa shape index (κ3) is 3.69. The minimum atomic E-state index is -0.752. The van der Waals surface area contributed by atoms with Crippen LogP contribution in [0.25, 0.3) is 0 Å². The molecule has 1 aromatic heterocycles. The molecule has 21 heavy (non-hydrogen) atoms. The van der Waals surface area contributed by atoms with Gasteiger partial charge in [-0.2, -0.15) is 0 Å². The molecule has 0 aliphatic heterocycles. The Morgan fingerprint density at radius 2 is 1.90 bits per heavy atom. The van der Waals surface area contributed by atoms with Crippen LogP contribution in [-0.4, -0.2) is 24.4 Å². The van der Waals surface area contributed by atoms with Gasteiger partial charge in [0.25, 0.3) is 11.8 Å². The van der Waals surface area contributed by atoms with E-state index in [-0.39, 0.29) is 17.0 Å². The first-order chi connectivity index (χ1) is 10.1. The summed E-state index contributed by atoms with van der Waals surface area (Å²) in [6.07, 6.45) is 1.32. The number of nitrogens with one attached hydrogen (secondary N) is 1. The molecule has 0 atom stereocenters. The van der Waals surface area contributed by atoms with E-state index in [1.54, 1.807) is 12.1 Å². The van der Waals surface area contributed by atoms with Crippen LogP contribution in [0.5, 0.6) is 0 Å². The maximum atomic E-state index is 11.7. The van der Waals surface area contributed by atoms with Crippen LogP contribution in [0.3, 0.4) is 0 Å². The third-order valence-corrected chi connectivity index (χ3v) is 2.52. The molecule has 108 valence electrons. The lowest BCUT2D eigenvalue weighted by Gasteiger charge is -2.08. The zero-order chi connectivity index (χ0) is 15.2. The average Bonchev–Trinajstić information content (AvgIpc) is 2.99. The summed E-state index contributed by atoms with van der Waals surface area (Å²) in [5, 5.41) is 2.44. The van der Waals surface area contributed by atoms with Crippen molar-refractivity contribution in [1.82, 2.24) is 0 Å². The van der Waals surface area contributed by atoms with Crippen molar-refractivity contribution >= 4 is 23.5 Å². The predicted octanol–water partition coefficient (Wildman–Crippen LogP) is 1.17. The molecule has 0 bridgehead atoms. The van der Waals surface area contributed by atoms with Crippen LogP contribution in [0, 0.1) is 0 Å². The maximum absolute atomic E-state index is 11.7. The number of ether oxygens (including phenoxy) is 1. The highest BCUT2D eigenvalue weighted by Gasteiger charge is 2.14. The van der Waals surface area contributed by atoms with Gasteiger partial charge >= 0.3 is 5.97 Å². The lowest BCUT2D eigenvalue weighted by molar-refractivity contribution is -0.119. The van der Waals surface area contributed by atoms with Gasteiger partial charge in [-0.3, -0.25) is 9.59 Å². The Balaban J connectivity index is 1.93. The fourth-order valence-corrected chi connectivity index (χ4v) is 1.59. The van der Waals surface area contributed by atoms with E-state index >= 15 is 0 Å². The number of para-hydroxylation sites is 1. The second-order valence-corrected chi connectivity index (χ2v) is 4.01. The van der Waals surface area contributed by atoms with Crippen molar-refractivity contribution in [2.75, 3.05) is 11.9 Å². The van der Waals surface area contributed by atoms with Crippen molar-refractivity contribution in [3.8, 4) is 0 Å². The molecule has 2 aromatic rings. The molecule has 1 aromatic carbocycles. The summed E-state index contributed by atoms with van der Waals surface area (Å²) in [4.78, 5) is 34.4. The molecule has 0 unspecified atom stereocenters. The molecule has 0 saturated carbocycles. The molecular weight excluding hydrogens is 276 g/mol. The van der Waals surface area contributed by atoms with E-state index in [0.29, 0.717) is 0 Å². The van der Waals surface area contributed by atoms with Gasteiger partial charge in [-0.05, 0) is 24.3 Å². The first kappa shape index (κ1) is 14.3. The van der Waals surface area contributed by atoms with Gasteiger partial charge in [-0.25, -0.2) is 4.79 Å². The van der Waals surface area contributed by atoms with Crippen LogP contribution in [0.1, 0.15) is 20.9 Å². The fraction of sp³-hybridized carbons (Fsp3) is 0.0714. The Morgan fingerprint density at radius 3 is 2.57 bits per heavy atom. The number of anilines is 1. The molecule has 0 fully saturated rings. The van der Waals surface area contributed by atoms with Crippen LogP contribution < -0.4 is 11.1 Å². The largest absolute Gasteiger partial charge is 0.457 e. The van der Waals surface area contributed by atoms with Crippen LogP contribution in [0.15, 0.2) is 47.1 Å². The summed E-state index contributed by atoms with van der Waals surface area (Å²) < 4.78 is 9.59. The molecule has 3 N–H and O–H groups in total. The molecule has 7 nitrogen and oxygen atoms in total. The molecular formula is C14H12N2O5. The highest BCUT2D eigenvalue weighted by Crippen LogP contribution is 2.14. The summed E-state index contributed by atoms with van der Waals surface area (Å²) in [6, 6.07) is 9.20. The van der Waals surface area contributed by atoms with E-state index in [9.17, 15) is 14.4 Å². The van der Waals surface area contributed by atoms with Gasteiger partial charge in [0, 0.05) is 0 Å². The highest BCUT2D eigenvalue weighted by atomic mass is 16.5. The zero-order valence-electron chi connectivity index (χ0n) is 10.9. The minimum Gasteiger partial charge on any atom is -0.457 e. The van der Waals surface area contributed by atoms with Gasteiger partial charge in [-0.15, -0.1) is 0 Å². The smallest absolute Gasteiger partial charge is 0.374 e. The summed E-state index contributed by atoms with van der Waals surface area (Å²) in [5.74, 6) is -2.01. The first-order valence-corrected chi connectivity index (χ1v) is 5.97. The molecule has 0 saturated heterocycles. The van der Waals surface area contributed by atoms with E-state index in [1.807, 2.05) is 0 Å². The van der Waals surface area contributed by atoms with Gasteiger partial charge < -0.3 is 20.2 Å². The molecule has 0 aliphatic rings. The first-order valence-electron chi connectivity index (χ1n) is 5.97. The van der Waals surface area contributed by atoms with E-state index < -0.39 is 24.4 Å². The monoisotopic (exact) mass is 288 g/mol. The van der Waals surface area contributed by atoms with Gasteiger partial charge in [0.15, 0.2) is 6.61 Å². The predicted molar refractivity (Wildman–Crippen MR) is 72.6 cm³/mol. The summed E-state index contributed by atoms with van der Waals surface area (Å²) in [5.41, 5.74) is 5.61. The Kier molecular flexibility index (Phi) is 4.35. The van der Waals surface area contributed by atoms with Crippen molar-refractivity contribution in [1.29, 1.82) is 0 Å². The summed E-state index contributed by atoms with van der Waals surface area (Å²) in [6.45, 7) is -0.507.